The molecule has 2 N–H and O–H groups in total. The van der Waals surface area contributed by atoms with Crippen LogP contribution in [0, 0.1) is 18.3 Å². The Hall–Kier alpha value is -3.65. The van der Waals surface area contributed by atoms with Crippen molar-refractivity contribution in [2.45, 2.75) is 13.5 Å². The molecular formula is C21H18N4O. The number of benzene rings is 2. The summed E-state index contributed by atoms with van der Waals surface area (Å²) in [5, 5.41) is 15.0. The number of nitriles is 1. The number of carbonyl (C=O) groups is 1. The number of carbonyl (C=O) groups excluding carboxylic acids is 1. The van der Waals surface area contributed by atoms with Crippen LogP contribution in [0.5, 0.6) is 0 Å². The van der Waals surface area contributed by atoms with E-state index in [1.165, 1.54) is 5.56 Å². The summed E-state index contributed by atoms with van der Waals surface area (Å²) in [7, 11) is 0. The van der Waals surface area contributed by atoms with Gasteiger partial charge in [0.1, 0.15) is 5.69 Å². The molecule has 1 amide bonds. The normalized spacial score (nSPS) is 10.0. The minimum absolute atomic E-state index is 0.219. The van der Waals surface area contributed by atoms with E-state index in [1.807, 2.05) is 37.3 Å². The van der Waals surface area contributed by atoms with Crippen LogP contribution in [0.1, 0.15) is 27.2 Å². The number of rotatable bonds is 5. The highest BCUT2D eigenvalue weighted by molar-refractivity contribution is 5.92. The van der Waals surface area contributed by atoms with Crippen LogP contribution in [0.15, 0.2) is 66.9 Å². The van der Waals surface area contributed by atoms with Gasteiger partial charge in [0.25, 0.3) is 5.91 Å². The van der Waals surface area contributed by atoms with Crippen LogP contribution in [-0.2, 0) is 6.54 Å². The zero-order valence-corrected chi connectivity index (χ0v) is 14.4. The Labute approximate surface area is 152 Å². The van der Waals surface area contributed by atoms with E-state index in [-0.39, 0.29) is 5.91 Å². The molecule has 5 nitrogen and oxygen atoms in total. The van der Waals surface area contributed by atoms with Crippen molar-refractivity contribution in [1.29, 1.82) is 5.26 Å². The molecule has 0 radical (unpaired) electrons. The molecule has 2 aromatic carbocycles. The Balaban J connectivity index is 1.60. The first-order chi connectivity index (χ1) is 12.6. The number of aryl methyl sites for hydroxylation is 1. The summed E-state index contributed by atoms with van der Waals surface area (Å²) < 4.78 is 0. The summed E-state index contributed by atoms with van der Waals surface area (Å²) in [4.78, 5) is 16.4. The fourth-order valence-electron chi connectivity index (χ4n) is 2.41. The quantitative estimate of drug-likeness (QED) is 0.736. The summed E-state index contributed by atoms with van der Waals surface area (Å²) in [6.45, 7) is 2.49. The van der Waals surface area contributed by atoms with E-state index in [0.717, 1.165) is 16.9 Å². The van der Waals surface area contributed by atoms with Crippen molar-refractivity contribution < 1.29 is 4.79 Å². The van der Waals surface area contributed by atoms with Gasteiger partial charge in [0.2, 0.25) is 0 Å². The van der Waals surface area contributed by atoms with Gasteiger partial charge >= 0.3 is 0 Å². The zero-order chi connectivity index (χ0) is 18.4. The predicted octanol–water partition coefficient (Wildman–Crippen LogP) is 3.94. The Morgan fingerprint density at radius 1 is 1.08 bits per heavy atom. The average Bonchev–Trinajstić information content (AvgIpc) is 2.68. The van der Waals surface area contributed by atoms with E-state index >= 15 is 0 Å². The van der Waals surface area contributed by atoms with Crippen molar-refractivity contribution in [3.63, 3.8) is 0 Å². The second kappa shape index (κ2) is 7.95. The second-order valence-corrected chi connectivity index (χ2v) is 5.92. The van der Waals surface area contributed by atoms with Gasteiger partial charge in [0, 0.05) is 12.2 Å². The van der Waals surface area contributed by atoms with Crippen molar-refractivity contribution in [2.75, 3.05) is 5.32 Å². The van der Waals surface area contributed by atoms with Crippen molar-refractivity contribution in [2.24, 2.45) is 0 Å². The Bertz CT molecular complexity index is 941. The minimum Gasteiger partial charge on any atom is -0.354 e. The van der Waals surface area contributed by atoms with Crippen LogP contribution in [0.2, 0.25) is 0 Å². The van der Waals surface area contributed by atoms with E-state index in [2.05, 4.69) is 21.7 Å². The van der Waals surface area contributed by atoms with Gasteiger partial charge in [-0.3, -0.25) is 4.79 Å². The van der Waals surface area contributed by atoms with Gasteiger partial charge in [-0.25, -0.2) is 4.98 Å². The molecule has 0 bridgehead atoms. The van der Waals surface area contributed by atoms with E-state index < -0.39 is 0 Å². The molecule has 0 fully saturated rings. The molecule has 26 heavy (non-hydrogen) atoms. The zero-order valence-electron chi connectivity index (χ0n) is 14.4. The predicted molar refractivity (Wildman–Crippen MR) is 101 cm³/mol. The van der Waals surface area contributed by atoms with Crippen LogP contribution in [0.25, 0.3) is 0 Å². The molecule has 0 aliphatic rings. The first-order valence-electron chi connectivity index (χ1n) is 8.21. The molecule has 3 rings (SSSR count). The molecule has 0 aliphatic carbocycles. The fourth-order valence-corrected chi connectivity index (χ4v) is 2.41. The van der Waals surface area contributed by atoms with E-state index in [1.54, 1.807) is 36.5 Å². The lowest BCUT2D eigenvalue weighted by Crippen LogP contribution is -2.23. The highest BCUT2D eigenvalue weighted by atomic mass is 16.1. The molecule has 0 atom stereocenters. The Morgan fingerprint density at radius 3 is 2.58 bits per heavy atom. The highest BCUT2D eigenvalue weighted by Gasteiger charge is 2.07. The molecule has 128 valence electrons. The molecule has 0 unspecified atom stereocenters. The molecule has 3 aromatic rings. The van der Waals surface area contributed by atoms with Crippen molar-refractivity contribution in [1.82, 2.24) is 10.3 Å². The number of pyridine rings is 1. The summed E-state index contributed by atoms with van der Waals surface area (Å²) in [6, 6.07) is 20.7. The molecule has 0 saturated carbocycles. The first kappa shape index (κ1) is 17.2. The largest absolute Gasteiger partial charge is 0.354 e. The Kier molecular flexibility index (Phi) is 5.25. The van der Waals surface area contributed by atoms with E-state index in [4.69, 9.17) is 5.26 Å². The van der Waals surface area contributed by atoms with Crippen molar-refractivity contribution >= 4 is 17.3 Å². The number of amides is 1. The number of aromatic nitrogens is 1. The van der Waals surface area contributed by atoms with Gasteiger partial charge in [-0.15, -0.1) is 0 Å². The lowest BCUT2D eigenvalue weighted by atomic mass is 10.1. The number of anilines is 2. The summed E-state index contributed by atoms with van der Waals surface area (Å²) in [5.74, 6) is -0.219. The number of hydrogen-bond donors (Lipinski definition) is 2. The van der Waals surface area contributed by atoms with Crippen LogP contribution < -0.4 is 10.6 Å². The number of nitrogens with one attached hydrogen (secondary N) is 2. The number of nitrogens with zero attached hydrogens (tertiary/aromatic N) is 2. The van der Waals surface area contributed by atoms with Crippen molar-refractivity contribution in [3.05, 3.63) is 89.2 Å². The van der Waals surface area contributed by atoms with Crippen LogP contribution in [0.4, 0.5) is 11.4 Å². The topological polar surface area (TPSA) is 77.8 Å². The molecule has 1 aromatic heterocycles. The lowest BCUT2D eigenvalue weighted by molar-refractivity contribution is 0.0946. The summed E-state index contributed by atoms with van der Waals surface area (Å²) in [5.41, 5.74) is 4.70. The summed E-state index contributed by atoms with van der Waals surface area (Å²) >= 11 is 0. The van der Waals surface area contributed by atoms with Crippen molar-refractivity contribution in [3.8, 4) is 6.07 Å². The van der Waals surface area contributed by atoms with Crippen LogP contribution >= 0.6 is 0 Å². The first-order valence-corrected chi connectivity index (χ1v) is 8.21. The maximum Gasteiger partial charge on any atom is 0.270 e. The molecule has 0 saturated heterocycles. The van der Waals surface area contributed by atoms with Crippen LogP contribution in [0.3, 0.4) is 0 Å². The Morgan fingerprint density at radius 2 is 1.88 bits per heavy atom. The lowest BCUT2D eigenvalue weighted by Gasteiger charge is -2.08. The number of hydrogen-bond acceptors (Lipinski definition) is 4. The van der Waals surface area contributed by atoms with Gasteiger partial charge in [-0.05, 0) is 42.8 Å². The van der Waals surface area contributed by atoms with Gasteiger partial charge in [0.05, 0.1) is 23.5 Å². The molecular weight excluding hydrogens is 324 g/mol. The third kappa shape index (κ3) is 4.46. The molecule has 1 heterocycles. The molecule has 0 aliphatic heterocycles. The van der Waals surface area contributed by atoms with Gasteiger partial charge in [-0.1, -0.05) is 35.9 Å². The van der Waals surface area contributed by atoms with E-state index in [0.29, 0.717) is 17.8 Å². The third-order valence-electron chi connectivity index (χ3n) is 3.85. The van der Waals surface area contributed by atoms with E-state index in [9.17, 15) is 4.79 Å². The standard InChI is InChI=1S/C21H18N4O/c1-15-5-7-16(8-6-15)13-24-21(26)20-10-9-19(14-23-20)25-18-4-2-3-17(11-18)12-22/h2-11,14,25H,13H2,1H3,(H,24,26). The SMILES string of the molecule is Cc1ccc(CNC(=O)c2ccc(Nc3cccc(C#N)c3)cn2)cc1. The third-order valence-corrected chi connectivity index (χ3v) is 3.85. The molecule has 5 heteroatoms. The average molecular weight is 342 g/mol. The monoisotopic (exact) mass is 342 g/mol. The fraction of sp³-hybridized carbons (Fsp3) is 0.0952. The van der Waals surface area contributed by atoms with Gasteiger partial charge in [0.15, 0.2) is 0 Å². The molecule has 0 spiro atoms. The second-order valence-electron chi connectivity index (χ2n) is 5.92. The highest BCUT2D eigenvalue weighted by Crippen LogP contribution is 2.17. The maximum absolute atomic E-state index is 12.2. The summed E-state index contributed by atoms with van der Waals surface area (Å²) in [6.07, 6.45) is 1.60. The van der Waals surface area contributed by atoms with Gasteiger partial charge < -0.3 is 10.6 Å². The smallest absolute Gasteiger partial charge is 0.270 e. The minimum atomic E-state index is -0.219. The van der Waals surface area contributed by atoms with Crippen LogP contribution in [-0.4, -0.2) is 10.9 Å². The maximum atomic E-state index is 12.2. The van der Waals surface area contributed by atoms with Gasteiger partial charge in [-0.2, -0.15) is 5.26 Å².